The van der Waals surface area contributed by atoms with Crippen LogP contribution in [-0.2, 0) is 22.9 Å². The molecule has 1 aliphatic heterocycles. The Kier molecular flexibility index (Phi) is 5.39. The SMILES string of the molecule is C[C@H]1CCCN(CCCNS(=O)(=O)c2ccc3c(c2)CCC3)C1. The highest BCUT2D eigenvalue weighted by atomic mass is 32.2. The van der Waals surface area contributed by atoms with Crippen LogP contribution in [0.5, 0.6) is 0 Å². The summed E-state index contributed by atoms with van der Waals surface area (Å²) in [4.78, 5) is 2.88. The van der Waals surface area contributed by atoms with Gasteiger partial charge in [0.15, 0.2) is 0 Å². The number of piperidine rings is 1. The van der Waals surface area contributed by atoms with Gasteiger partial charge in [0.2, 0.25) is 10.0 Å². The Bertz CT molecular complexity index is 642. The minimum Gasteiger partial charge on any atom is -0.303 e. The van der Waals surface area contributed by atoms with E-state index in [1.54, 1.807) is 6.07 Å². The molecule has 1 heterocycles. The molecule has 1 aromatic carbocycles. The zero-order valence-electron chi connectivity index (χ0n) is 14.1. The second-order valence-electron chi connectivity index (χ2n) is 7.08. The molecule has 0 radical (unpaired) electrons. The van der Waals surface area contributed by atoms with Crippen molar-refractivity contribution in [1.29, 1.82) is 0 Å². The molecule has 0 bridgehead atoms. The van der Waals surface area contributed by atoms with E-state index in [-0.39, 0.29) is 0 Å². The molecule has 0 aromatic heterocycles. The first-order valence-electron chi connectivity index (χ1n) is 8.88. The van der Waals surface area contributed by atoms with Gasteiger partial charge < -0.3 is 4.90 Å². The Morgan fingerprint density at radius 2 is 2.04 bits per heavy atom. The first kappa shape index (κ1) is 16.9. The highest BCUT2D eigenvalue weighted by Gasteiger charge is 2.19. The highest BCUT2D eigenvalue weighted by molar-refractivity contribution is 7.89. The van der Waals surface area contributed by atoms with Gasteiger partial charge in [0, 0.05) is 13.1 Å². The lowest BCUT2D eigenvalue weighted by molar-refractivity contribution is 0.182. The average molecular weight is 337 g/mol. The molecular weight excluding hydrogens is 308 g/mol. The van der Waals surface area contributed by atoms with Crippen LogP contribution in [0.15, 0.2) is 23.1 Å². The van der Waals surface area contributed by atoms with E-state index in [9.17, 15) is 8.42 Å². The molecule has 1 atom stereocenters. The van der Waals surface area contributed by atoms with E-state index in [2.05, 4.69) is 16.5 Å². The third kappa shape index (κ3) is 4.34. The van der Waals surface area contributed by atoms with Gasteiger partial charge in [0.05, 0.1) is 4.90 Å². The first-order valence-corrected chi connectivity index (χ1v) is 10.4. The van der Waals surface area contributed by atoms with E-state index >= 15 is 0 Å². The molecule has 2 aliphatic rings. The van der Waals surface area contributed by atoms with E-state index in [1.165, 1.54) is 24.0 Å². The maximum atomic E-state index is 12.4. The lowest BCUT2D eigenvalue weighted by Crippen LogP contribution is -2.36. The standard InChI is InChI=1S/C18H28N2O2S/c1-15-5-3-11-20(14-15)12-4-10-19-23(21,22)18-9-8-16-6-2-7-17(16)13-18/h8-9,13,15,19H,2-7,10-12,14H2,1H3/t15-/m0/s1. The summed E-state index contributed by atoms with van der Waals surface area (Å²) < 4.78 is 27.6. The zero-order chi connectivity index (χ0) is 16.3. The van der Waals surface area contributed by atoms with Gasteiger partial charge in [-0.1, -0.05) is 13.0 Å². The van der Waals surface area contributed by atoms with E-state index in [4.69, 9.17) is 0 Å². The molecule has 1 N–H and O–H groups in total. The van der Waals surface area contributed by atoms with Crippen LogP contribution in [0.25, 0.3) is 0 Å². The molecule has 4 nitrogen and oxygen atoms in total. The van der Waals surface area contributed by atoms with E-state index < -0.39 is 10.0 Å². The van der Waals surface area contributed by atoms with Gasteiger partial charge in [0.25, 0.3) is 0 Å². The normalized spacial score (nSPS) is 22.2. The number of hydrogen-bond donors (Lipinski definition) is 1. The monoisotopic (exact) mass is 336 g/mol. The van der Waals surface area contributed by atoms with Crippen LogP contribution in [0.2, 0.25) is 0 Å². The Hall–Kier alpha value is -0.910. The van der Waals surface area contributed by atoms with Crippen LogP contribution in [-0.4, -0.2) is 39.5 Å². The fourth-order valence-corrected chi connectivity index (χ4v) is 4.92. The molecule has 128 valence electrons. The van der Waals surface area contributed by atoms with Crippen LogP contribution < -0.4 is 4.72 Å². The fourth-order valence-electron chi connectivity index (χ4n) is 3.80. The summed E-state index contributed by atoms with van der Waals surface area (Å²) in [6, 6.07) is 5.59. The van der Waals surface area contributed by atoms with Crippen molar-refractivity contribution >= 4 is 10.0 Å². The summed E-state index contributed by atoms with van der Waals surface area (Å²) in [5.41, 5.74) is 2.51. The molecular formula is C18H28N2O2S. The van der Waals surface area contributed by atoms with Crippen molar-refractivity contribution < 1.29 is 8.42 Å². The number of nitrogens with one attached hydrogen (secondary N) is 1. The van der Waals surface area contributed by atoms with E-state index in [0.29, 0.717) is 11.4 Å². The van der Waals surface area contributed by atoms with Gasteiger partial charge in [-0.05, 0) is 80.8 Å². The lowest BCUT2D eigenvalue weighted by Gasteiger charge is -2.30. The second kappa shape index (κ2) is 7.32. The summed E-state index contributed by atoms with van der Waals surface area (Å²) in [6.07, 6.45) is 6.68. The summed E-state index contributed by atoms with van der Waals surface area (Å²) >= 11 is 0. The summed E-state index contributed by atoms with van der Waals surface area (Å²) in [6.45, 7) is 6.10. The van der Waals surface area contributed by atoms with Crippen molar-refractivity contribution in [3.05, 3.63) is 29.3 Å². The van der Waals surface area contributed by atoms with Gasteiger partial charge in [-0.25, -0.2) is 13.1 Å². The third-order valence-electron chi connectivity index (χ3n) is 5.06. The van der Waals surface area contributed by atoms with Crippen molar-refractivity contribution in [3.8, 4) is 0 Å². The number of likely N-dealkylation sites (tertiary alicyclic amines) is 1. The molecule has 1 fully saturated rings. The highest BCUT2D eigenvalue weighted by Crippen LogP contribution is 2.24. The maximum absolute atomic E-state index is 12.4. The van der Waals surface area contributed by atoms with E-state index in [1.807, 2.05) is 12.1 Å². The fraction of sp³-hybridized carbons (Fsp3) is 0.667. The molecule has 23 heavy (non-hydrogen) atoms. The number of aryl methyl sites for hydroxylation is 2. The molecule has 3 rings (SSSR count). The Morgan fingerprint density at radius 1 is 1.22 bits per heavy atom. The van der Waals surface area contributed by atoms with Crippen molar-refractivity contribution in [1.82, 2.24) is 9.62 Å². The number of sulfonamides is 1. The predicted molar refractivity (Wildman–Crippen MR) is 93.1 cm³/mol. The van der Waals surface area contributed by atoms with Gasteiger partial charge in [-0.15, -0.1) is 0 Å². The van der Waals surface area contributed by atoms with Gasteiger partial charge in [-0.2, -0.15) is 0 Å². The Morgan fingerprint density at radius 3 is 2.87 bits per heavy atom. The van der Waals surface area contributed by atoms with E-state index in [0.717, 1.165) is 51.2 Å². The third-order valence-corrected chi connectivity index (χ3v) is 6.52. The molecule has 1 aliphatic carbocycles. The summed E-state index contributed by atoms with van der Waals surface area (Å²) in [7, 11) is -3.36. The van der Waals surface area contributed by atoms with Crippen LogP contribution in [0.4, 0.5) is 0 Å². The molecule has 0 unspecified atom stereocenters. The summed E-state index contributed by atoms with van der Waals surface area (Å²) in [5, 5.41) is 0. The molecule has 0 amide bonds. The number of nitrogens with zero attached hydrogens (tertiary/aromatic N) is 1. The van der Waals surface area contributed by atoms with Crippen molar-refractivity contribution in [3.63, 3.8) is 0 Å². The topological polar surface area (TPSA) is 49.4 Å². The van der Waals surface area contributed by atoms with Crippen LogP contribution >= 0.6 is 0 Å². The largest absolute Gasteiger partial charge is 0.303 e. The van der Waals surface area contributed by atoms with Crippen LogP contribution in [0.1, 0.15) is 43.7 Å². The minimum atomic E-state index is -3.36. The molecule has 5 heteroatoms. The first-order chi connectivity index (χ1) is 11.0. The number of fused-ring (bicyclic) bond motifs is 1. The van der Waals surface area contributed by atoms with Crippen molar-refractivity contribution in [2.75, 3.05) is 26.2 Å². The van der Waals surface area contributed by atoms with Gasteiger partial charge in [-0.3, -0.25) is 0 Å². The molecule has 1 aromatic rings. The number of rotatable bonds is 6. The van der Waals surface area contributed by atoms with Crippen LogP contribution in [0, 0.1) is 5.92 Å². The molecule has 0 spiro atoms. The minimum absolute atomic E-state index is 0.421. The zero-order valence-corrected chi connectivity index (χ0v) is 14.9. The average Bonchev–Trinajstić information content (AvgIpc) is 2.99. The predicted octanol–water partition coefficient (Wildman–Crippen LogP) is 2.58. The number of benzene rings is 1. The van der Waals surface area contributed by atoms with Crippen molar-refractivity contribution in [2.24, 2.45) is 5.92 Å². The second-order valence-corrected chi connectivity index (χ2v) is 8.85. The smallest absolute Gasteiger partial charge is 0.240 e. The van der Waals surface area contributed by atoms with Crippen molar-refractivity contribution in [2.45, 2.75) is 50.3 Å². The molecule has 1 saturated heterocycles. The Balaban J connectivity index is 1.49. The van der Waals surface area contributed by atoms with Gasteiger partial charge in [0.1, 0.15) is 0 Å². The lowest BCUT2D eigenvalue weighted by atomic mass is 10.0. The van der Waals surface area contributed by atoms with Crippen LogP contribution in [0.3, 0.4) is 0 Å². The Labute approximate surface area is 140 Å². The molecule has 0 saturated carbocycles. The quantitative estimate of drug-likeness (QED) is 0.812. The maximum Gasteiger partial charge on any atom is 0.240 e. The summed E-state index contributed by atoms with van der Waals surface area (Å²) in [5.74, 6) is 0.770. The van der Waals surface area contributed by atoms with Gasteiger partial charge >= 0.3 is 0 Å². The number of hydrogen-bond acceptors (Lipinski definition) is 3.